The lowest BCUT2D eigenvalue weighted by Crippen LogP contribution is -2.44. The van der Waals surface area contributed by atoms with E-state index in [1.54, 1.807) is 6.07 Å². The molecule has 0 atom stereocenters. The fourth-order valence-corrected chi connectivity index (χ4v) is 3.14. The highest BCUT2D eigenvalue weighted by molar-refractivity contribution is 5.92. The van der Waals surface area contributed by atoms with Gasteiger partial charge in [-0.1, -0.05) is 5.16 Å². The fourth-order valence-electron chi connectivity index (χ4n) is 3.14. The second-order valence-corrected chi connectivity index (χ2v) is 6.83. The van der Waals surface area contributed by atoms with Gasteiger partial charge in [0.1, 0.15) is 5.76 Å². The molecule has 0 saturated heterocycles. The number of rotatable bonds is 7. The maximum absolute atomic E-state index is 12.2. The van der Waals surface area contributed by atoms with Gasteiger partial charge >= 0.3 is 0 Å². The molecule has 2 fully saturated rings. The van der Waals surface area contributed by atoms with Crippen LogP contribution in [0.4, 0.5) is 0 Å². The van der Waals surface area contributed by atoms with E-state index in [0.29, 0.717) is 24.6 Å². The summed E-state index contributed by atoms with van der Waals surface area (Å²) in [6.45, 7) is 0.692. The van der Waals surface area contributed by atoms with Crippen molar-refractivity contribution in [2.75, 3.05) is 13.6 Å². The minimum absolute atomic E-state index is 0.0899. The van der Waals surface area contributed by atoms with Gasteiger partial charge in [0, 0.05) is 37.0 Å². The molecule has 2 amide bonds. The normalized spacial score (nSPS) is 23.7. The zero-order valence-electron chi connectivity index (χ0n) is 14.1. The average Bonchev–Trinajstić information content (AvgIpc) is 3.31. The quantitative estimate of drug-likeness (QED) is 0.699. The molecule has 7 heteroatoms. The van der Waals surface area contributed by atoms with Crippen LogP contribution in [0.5, 0.6) is 0 Å². The number of hydrogen-bond acceptors (Lipinski definition) is 5. The summed E-state index contributed by atoms with van der Waals surface area (Å²) < 4.78 is 5.23. The number of nitrogens with one attached hydrogen (secondary N) is 3. The summed E-state index contributed by atoms with van der Waals surface area (Å²) in [4.78, 5) is 24.0. The molecule has 2 saturated carbocycles. The van der Waals surface area contributed by atoms with Crippen molar-refractivity contribution in [3.05, 3.63) is 17.5 Å². The zero-order valence-corrected chi connectivity index (χ0v) is 14.1. The summed E-state index contributed by atoms with van der Waals surface area (Å²) in [5, 5.41) is 12.9. The van der Waals surface area contributed by atoms with Crippen LogP contribution >= 0.6 is 0 Å². The zero-order chi connectivity index (χ0) is 16.9. The van der Waals surface area contributed by atoms with Crippen LogP contribution in [0.3, 0.4) is 0 Å². The van der Waals surface area contributed by atoms with Crippen molar-refractivity contribution >= 4 is 11.8 Å². The number of nitrogens with zero attached hydrogens (tertiary/aromatic N) is 1. The first-order valence-electron chi connectivity index (χ1n) is 8.87. The SMILES string of the molecule is CNCCC(=O)NC1CCC(NC(=O)c2cc(C3CC3)on2)CC1. The van der Waals surface area contributed by atoms with E-state index in [4.69, 9.17) is 4.52 Å². The lowest BCUT2D eigenvalue weighted by Gasteiger charge is -2.29. The highest BCUT2D eigenvalue weighted by Gasteiger charge is 2.30. The summed E-state index contributed by atoms with van der Waals surface area (Å²) in [5.74, 6) is 1.22. The Balaban J connectivity index is 1.39. The van der Waals surface area contributed by atoms with E-state index >= 15 is 0 Å². The molecule has 2 aliphatic rings. The summed E-state index contributed by atoms with van der Waals surface area (Å²) in [5.41, 5.74) is 0.374. The summed E-state index contributed by atoms with van der Waals surface area (Å²) >= 11 is 0. The first-order valence-corrected chi connectivity index (χ1v) is 8.87. The minimum atomic E-state index is -0.160. The molecule has 1 heterocycles. The maximum Gasteiger partial charge on any atom is 0.273 e. The van der Waals surface area contributed by atoms with Gasteiger partial charge in [-0.3, -0.25) is 9.59 Å². The number of carbonyl (C=O) groups is 2. The molecule has 1 aromatic rings. The van der Waals surface area contributed by atoms with Crippen LogP contribution < -0.4 is 16.0 Å². The fraction of sp³-hybridized carbons (Fsp3) is 0.706. The van der Waals surface area contributed by atoms with Gasteiger partial charge in [0.2, 0.25) is 5.91 Å². The Morgan fingerprint density at radius 2 is 1.79 bits per heavy atom. The van der Waals surface area contributed by atoms with Gasteiger partial charge in [-0.15, -0.1) is 0 Å². The van der Waals surface area contributed by atoms with Gasteiger partial charge in [-0.05, 0) is 45.6 Å². The summed E-state index contributed by atoms with van der Waals surface area (Å²) in [6.07, 6.45) is 6.28. The Bertz CT molecular complexity index is 574. The van der Waals surface area contributed by atoms with Crippen LogP contribution in [0.2, 0.25) is 0 Å². The van der Waals surface area contributed by atoms with Crippen molar-refractivity contribution in [3.63, 3.8) is 0 Å². The third kappa shape index (κ3) is 4.56. The average molecular weight is 334 g/mol. The first kappa shape index (κ1) is 17.0. The van der Waals surface area contributed by atoms with E-state index in [1.807, 2.05) is 7.05 Å². The standard InChI is InChI=1S/C17H26N4O3/c1-18-9-8-16(22)19-12-4-6-13(7-5-12)20-17(23)14-10-15(24-21-14)11-2-3-11/h10-13,18H,2-9H2,1H3,(H,19,22)(H,20,23). The summed E-state index contributed by atoms with van der Waals surface area (Å²) in [7, 11) is 1.84. The Kier molecular flexibility index (Phi) is 5.50. The third-order valence-corrected chi connectivity index (χ3v) is 4.77. The minimum Gasteiger partial charge on any atom is -0.360 e. The van der Waals surface area contributed by atoms with Gasteiger partial charge in [0.25, 0.3) is 5.91 Å². The predicted octanol–water partition coefficient (Wildman–Crippen LogP) is 1.32. The third-order valence-electron chi connectivity index (χ3n) is 4.77. The largest absolute Gasteiger partial charge is 0.360 e. The maximum atomic E-state index is 12.2. The molecule has 3 N–H and O–H groups in total. The molecular formula is C17H26N4O3. The van der Waals surface area contributed by atoms with Crippen molar-refractivity contribution in [1.29, 1.82) is 0 Å². The van der Waals surface area contributed by atoms with Crippen LogP contribution in [-0.2, 0) is 4.79 Å². The van der Waals surface area contributed by atoms with Crippen LogP contribution in [0.15, 0.2) is 10.6 Å². The van der Waals surface area contributed by atoms with E-state index < -0.39 is 0 Å². The molecule has 7 nitrogen and oxygen atoms in total. The summed E-state index contributed by atoms with van der Waals surface area (Å²) in [6, 6.07) is 2.13. The molecule has 0 aromatic carbocycles. The number of carbonyl (C=O) groups excluding carboxylic acids is 2. The predicted molar refractivity (Wildman–Crippen MR) is 88.7 cm³/mol. The first-order chi connectivity index (χ1) is 11.7. The molecule has 24 heavy (non-hydrogen) atoms. The second-order valence-electron chi connectivity index (χ2n) is 6.83. The van der Waals surface area contributed by atoms with Crippen LogP contribution in [0.1, 0.15) is 67.1 Å². The Morgan fingerprint density at radius 3 is 2.42 bits per heavy atom. The van der Waals surface area contributed by atoms with E-state index in [2.05, 4.69) is 21.1 Å². The van der Waals surface area contributed by atoms with E-state index in [-0.39, 0.29) is 23.9 Å². The smallest absolute Gasteiger partial charge is 0.273 e. The lowest BCUT2D eigenvalue weighted by molar-refractivity contribution is -0.121. The number of hydrogen-bond donors (Lipinski definition) is 3. The van der Waals surface area contributed by atoms with Gasteiger partial charge in [0.05, 0.1) is 0 Å². The molecule has 0 unspecified atom stereocenters. The highest BCUT2D eigenvalue weighted by Crippen LogP contribution is 2.40. The van der Waals surface area contributed by atoms with E-state index in [9.17, 15) is 9.59 Å². The van der Waals surface area contributed by atoms with Crippen molar-refractivity contribution in [2.24, 2.45) is 0 Å². The van der Waals surface area contributed by atoms with Crippen molar-refractivity contribution in [3.8, 4) is 0 Å². The molecular weight excluding hydrogens is 308 g/mol. The molecule has 0 bridgehead atoms. The highest BCUT2D eigenvalue weighted by atomic mass is 16.5. The van der Waals surface area contributed by atoms with Gasteiger partial charge < -0.3 is 20.5 Å². The Hall–Kier alpha value is -1.89. The second kappa shape index (κ2) is 7.79. The van der Waals surface area contributed by atoms with Crippen molar-refractivity contribution in [1.82, 2.24) is 21.1 Å². The van der Waals surface area contributed by atoms with Crippen molar-refractivity contribution in [2.45, 2.75) is 62.9 Å². The molecule has 0 spiro atoms. The van der Waals surface area contributed by atoms with Crippen LogP contribution in [0, 0.1) is 0 Å². The molecule has 3 rings (SSSR count). The van der Waals surface area contributed by atoms with Gasteiger partial charge in [0.15, 0.2) is 5.69 Å². The van der Waals surface area contributed by atoms with Crippen LogP contribution in [0.25, 0.3) is 0 Å². The van der Waals surface area contributed by atoms with Crippen molar-refractivity contribution < 1.29 is 14.1 Å². The van der Waals surface area contributed by atoms with Gasteiger partial charge in [-0.2, -0.15) is 0 Å². The molecule has 0 aliphatic heterocycles. The topological polar surface area (TPSA) is 96.3 Å². The molecule has 0 radical (unpaired) electrons. The molecule has 2 aliphatic carbocycles. The molecule has 132 valence electrons. The van der Waals surface area contributed by atoms with E-state index in [0.717, 1.165) is 44.3 Å². The van der Waals surface area contributed by atoms with E-state index in [1.165, 1.54) is 0 Å². The number of aromatic nitrogens is 1. The monoisotopic (exact) mass is 334 g/mol. The Labute approximate surface area is 141 Å². The lowest BCUT2D eigenvalue weighted by atomic mass is 9.91. The Morgan fingerprint density at radius 1 is 1.12 bits per heavy atom. The van der Waals surface area contributed by atoms with Crippen LogP contribution in [-0.4, -0.2) is 42.6 Å². The number of amides is 2. The molecule has 1 aromatic heterocycles. The van der Waals surface area contributed by atoms with Gasteiger partial charge in [-0.25, -0.2) is 0 Å².